The second-order valence-corrected chi connectivity index (χ2v) is 11.3. The number of ether oxygens (including phenoxy) is 4. The Kier molecular flexibility index (Phi) is 11.8. The van der Waals surface area contributed by atoms with Crippen LogP contribution < -0.4 is 4.74 Å². The molecule has 2 aromatic rings. The van der Waals surface area contributed by atoms with E-state index in [1.807, 2.05) is 0 Å². The average Bonchev–Trinajstić information content (AvgIpc) is 2.86. The van der Waals surface area contributed by atoms with E-state index >= 15 is 0 Å². The maximum absolute atomic E-state index is 14.4. The zero-order valence-corrected chi connectivity index (χ0v) is 24.5. The van der Waals surface area contributed by atoms with E-state index in [1.54, 1.807) is 51.1 Å². The van der Waals surface area contributed by atoms with Gasteiger partial charge in [-0.3, -0.25) is 4.90 Å². The summed E-state index contributed by atoms with van der Waals surface area (Å²) in [6.45, 7) is 7.42. The molecule has 0 N–H and O–H groups in total. The summed E-state index contributed by atoms with van der Waals surface area (Å²) in [7, 11) is 1.30. The van der Waals surface area contributed by atoms with Crippen molar-refractivity contribution in [2.24, 2.45) is 0 Å². The molecule has 0 heterocycles. The SMILES string of the molecule is CN(C(=O)OC(C)(C)C)[C@@H](CCC(C)(C)F)C(=O)O[C@H](Cc1ccc(OC(F)(F)F)cc1)C(=O)OCc1ccccc1. The van der Waals surface area contributed by atoms with Gasteiger partial charge in [-0.15, -0.1) is 13.2 Å². The summed E-state index contributed by atoms with van der Waals surface area (Å²) in [5.74, 6) is -2.40. The van der Waals surface area contributed by atoms with Crippen LogP contribution in [0.5, 0.6) is 5.75 Å². The molecule has 232 valence electrons. The lowest BCUT2D eigenvalue weighted by Gasteiger charge is -2.31. The van der Waals surface area contributed by atoms with Gasteiger partial charge in [0.2, 0.25) is 6.10 Å². The topological polar surface area (TPSA) is 91.4 Å². The number of amides is 1. The molecule has 0 radical (unpaired) electrons. The number of rotatable bonds is 12. The summed E-state index contributed by atoms with van der Waals surface area (Å²) in [5.41, 5.74) is -1.56. The quantitative estimate of drug-likeness (QED) is 0.155. The van der Waals surface area contributed by atoms with Gasteiger partial charge < -0.3 is 18.9 Å². The van der Waals surface area contributed by atoms with E-state index in [1.165, 1.54) is 33.0 Å². The summed E-state index contributed by atoms with van der Waals surface area (Å²) >= 11 is 0. The van der Waals surface area contributed by atoms with E-state index in [-0.39, 0.29) is 25.9 Å². The van der Waals surface area contributed by atoms with Gasteiger partial charge in [0.1, 0.15) is 29.7 Å². The molecule has 0 aliphatic carbocycles. The second kappa shape index (κ2) is 14.4. The summed E-state index contributed by atoms with van der Waals surface area (Å²) in [6.07, 6.45) is -7.81. The van der Waals surface area contributed by atoms with Crippen LogP contribution in [0.15, 0.2) is 54.6 Å². The molecule has 8 nitrogen and oxygen atoms in total. The van der Waals surface area contributed by atoms with Crippen molar-refractivity contribution < 1.29 is 50.9 Å². The summed E-state index contributed by atoms with van der Waals surface area (Å²) in [5, 5.41) is 0. The number of likely N-dealkylation sites (N-methyl/N-ethyl adjacent to an activating group) is 1. The highest BCUT2D eigenvalue weighted by molar-refractivity contribution is 5.84. The molecule has 0 saturated heterocycles. The number of esters is 2. The minimum absolute atomic E-state index is 0.121. The number of benzene rings is 2. The van der Waals surface area contributed by atoms with Crippen LogP contribution in [-0.4, -0.2) is 59.8 Å². The highest BCUT2D eigenvalue weighted by Crippen LogP contribution is 2.25. The van der Waals surface area contributed by atoms with Gasteiger partial charge in [-0.25, -0.2) is 18.8 Å². The zero-order valence-electron chi connectivity index (χ0n) is 24.5. The summed E-state index contributed by atoms with van der Waals surface area (Å²) in [6, 6.07) is 12.1. The third kappa shape index (κ3) is 12.8. The maximum atomic E-state index is 14.4. The number of carbonyl (C=O) groups excluding carboxylic acids is 3. The normalized spacial score (nSPS) is 13.5. The fraction of sp³-hybridized carbons (Fsp3) is 0.500. The molecule has 0 aliphatic heterocycles. The number of halogens is 4. The van der Waals surface area contributed by atoms with Crippen LogP contribution in [0.4, 0.5) is 22.4 Å². The largest absolute Gasteiger partial charge is 0.573 e. The Bertz CT molecular complexity index is 1170. The van der Waals surface area contributed by atoms with Gasteiger partial charge >= 0.3 is 24.4 Å². The summed E-state index contributed by atoms with van der Waals surface area (Å²) < 4.78 is 72.2. The third-order valence-corrected chi connectivity index (χ3v) is 5.76. The van der Waals surface area contributed by atoms with Crippen molar-refractivity contribution in [2.75, 3.05) is 7.05 Å². The van der Waals surface area contributed by atoms with Crippen LogP contribution >= 0.6 is 0 Å². The van der Waals surface area contributed by atoms with Gasteiger partial charge in [0.25, 0.3) is 0 Å². The third-order valence-electron chi connectivity index (χ3n) is 5.76. The van der Waals surface area contributed by atoms with Crippen molar-refractivity contribution in [3.63, 3.8) is 0 Å². The molecular weight excluding hydrogens is 562 g/mol. The van der Waals surface area contributed by atoms with Gasteiger partial charge in [-0.2, -0.15) is 0 Å². The smallest absolute Gasteiger partial charge is 0.458 e. The van der Waals surface area contributed by atoms with Crippen molar-refractivity contribution in [3.8, 4) is 5.75 Å². The molecule has 2 aromatic carbocycles. The first kappa shape index (κ1) is 34.4. The molecular formula is C30H37F4NO7. The van der Waals surface area contributed by atoms with Gasteiger partial charge in [0.15, 0.2) is 0 Å². The molecule has 0 saturated carbocycles. The Hall–Kier alpha value is -3.83. The maximum Gasteiger partial charge on any atom is 0.573 e. The van der Waals surface area contributed by atoms with Crippen LogP contribution in [0.25, 0.3) is 0 Å². The molecule has 0 spiro atoms. The highest BCUT2D eigenvalue weighted by atomic mass is 19.4. The lowest BCUT2D eigenvalue weighted by atomic mass is 10.00. The predicted octanol–water partition coefficient (Wildman–Crippen LogP) is 6.55. The predicted molar refractivity (Wildman–Crippen MR) is 145 cm³/mol. The standard InChI is InChI=1S/C30H37F4NO7/c1-28(2,3)42-27(38)35(6)23(16-17-29(4,5)31)25(36)40-24(26(37)39-19-21-10-8-7-9-11-21)18-20-12-14-22(15-13-20)41-30(32,33)34/h7-15,23-24H,16-19H2,1-6H3/t23-,24+/m0/s1. The lowest BCUT2D eigenvalue weighted by Crippen LogP contribution is -2.47. The number of carbonyl (C=O) groups is 3. The molecule has 12 heteroatoms. The van der Waals surface area contributed by atoms with Crippen molar-refractivity contribution in [1.29, 1.82) is 0 Å². The van der Waals surface area contributed by atoms with Crippen LogP contribution in [0.3, 0.4) is 0 Å². The van der Waals surface area contributed by atoms with Gasteiger partial charge in [0.05, 0.1) is 0 Å². The van der Waals surface area contributed by atoms with Crippen molar-refractivity contribution in [3.05, 3.63) is 65.7 Å². The zero-order chi connectivity index (χ0) is 31.7. The second-order valence-electron chi connectivity index (χ2n) is 11.3. The summed E-state index contributed by atoms with van der Waals surface area (Å²) in [4.78, 5) is 40.2. The van der Waals surface area contributed by atoms with E-state index in [2.05, 4.69) is 4.74 Å². The van der Waals surface area contributed by atoms with E-state index in [9.17, 15) is 31.9 Å². The van der Waals surface area contributed by atoms with E-state index < -0.39 is 53.6 Å². The monoisotopic (exact) mass is 599 g/mol. The first-order valence-corrected chi connectivity index (χ1v) is 13.2. The Balaban J connectivity index is 2.30. The minimum Gasteiger partial charge on any atom is -0.458 e. The Morgan fingerprint density at radius 1 is 0.833 bits per heavy atom. The molecule has 2 rings (SSSR count). The van der Waals surface area contributed by atoms with E-state index in [4.69, 9.17) is 14.2 Å². The van der Waals surface area contributed by atoms with Crippen molar-refractivity contribution in [1.82, 2.24) is 4.90 Å². The number of hydrogen-bond acceptors (Lipinski definition) is 7. The van der Waals surface area contributed by atoms with Crippen molar-refractivity contribution in [2.45, 2.75) is 90.3 Å². The Morgan fingerprint density at radius 2 is 1.43 bits per heavy atom. The number of alkyl halides is 4. The van der Waals surface area contributed by atoms with Crippen LogP contribution in [0.1, 0.15) is 58.6 Å². The average molecular weight is 600 g/mol. The Morgan fingerprint density at radius 3 is 1.95 bits per heavy atom. The van der Waals surface area contributed by atoms with Gasteiger partial charge in [0, 0.05) is 13.5 Å². The molecule has 0 aromatic heterocycles. The highest BCUT2D eigenvalue weighted by Gasteiger charge is 2.36. The lowest BCUT2D eigenvalue weighted by molar-refractivity contribution is -0.274. The van der Waals surface area contributed by atoms with Crippen LogP contribution in [0.2, 0.25) is 0 Å². The van der Waals surface area contributed by atoms with Crippen molar-refractivity contribution >= 4 is 18.0 Å². The van der Waals surface area contributed by atoms with Crippen LogP contribution in [-0.2, 0) is 36.8 Å². The molecule has 0 bridgehead atoms. The first-order chi connectivity index (χ1) is 19.3. The number of hydrogen-bond donors (Lipinski definition) is 0. The number of nitrogens with zero attached hydrogens (tertiary/aromatic N) is 1. The Labute approximate surface area is 242 Å². The van der Waals surface area contributed by atoms with E-state index in [0.29, 0.717) is 11.1 Å². The molecule has 42 heavy (non-hydrogen) atoms. The minimum atomic E-state index is -4.88. The molecule has 0 fully saturated rings. The fourth-order valence-electron chi connectivity index (χ4n) is 3.67. The first-order valence-electron chi connectivity index (χ1n) is 13.2. The molecule has 2 atom stereocenters. The molecule has 0 aliphatic rings. The van der Waals surface area contributed by atoms with Crippen LogP contribution in [0, 0.1) is 0 Å². The molecule has 1 amide bonds. The fourth-order valence-corrected chi connectivity index (χ4v) is 3.67. The van der Waals surface area contributed by atoms with Gasteiger partial charge in [-0.1, -0.05) is 42.5 Å². The molecule has 0 unspecified atom stereocenters. The van der Waals surface area contributed by atoms with Gasteiger partial charge in [-0.05, 0) is 70.7 Å². The van der Waals surface area contributed by atoms with E-state index in [0.717, 1.165) is 17.0 Å².